The molecule has 1 fully saturated rings. The average molecular weight is 551 g/mol. The Morgan fingerprint density at radius 1 is 0.800 bits per heavy atom. The number of esters is 2. The zero-order chi connectivity index (χ0) is 29.7. The third kappa shape index (κ3) is 7.30. The molecule has 7 heteroatoms. The number of nitrogens with two attached hydrogens (primary N) is 1. The molecule has 0 saturated heterocycles. The van der Waals surface area contributed by atoms with Crippen LogP contribution in [0, 0.1) is 17.8 Å². The highest BCUT2D eigenvalue weighted by atomic mass is 16.6. The third-order valence-corrected chi connectivity index (χ3v) is 7.68. The number of ether oxygens (including phenoxy) is 2. The van der Waals surface area contributed by atoms with Crippen LogP contribution in [-0.2, 0) is 24.5 Å². The summed E-state index contributed by atoms with van der Waals surface area (Å²) in [5, 5.41) is 0.850. The largest absolute Gasteiger partial charge is 0.459 e. The molecule has 2 unspecified atom stereocenters. The van der Waals surface area contributed by atoms with Gasteiger partial charge in [-0.25, -0.2) is 10.6 Å². The molecule has 0 radical (unpaired) electrons. The summed E-state index contributed by atoms with van der Waals surface area (Å²) in [6.07, 6.45) is 5.72. The van der Waals surface area contributed by atoms with Crippen molar-refractivity contribution in [3.63, 3.8) is 0 Å². The Hall–Kier alpha value is -3.19. The molecular weight excluding hydrogens is 504 g/mol. The number of carbonyl (C=O) groups is 3. The predicted molar refractivity (Wildman–Crippen MR) is 156 cm³/mol. The smallest absolute Gasteiger partial charge is 0.336 e. The van der Waals surface area contributed by atoms with E-state index in [0.717, 1.165) is 17.9 Å². The van der Waals surface area contributed by atoms with E-state index in [2.05, 4.69) is 24.3 Å². The van der Waals surface area contributed by atoms with Crippen molar-refractivity contribution in [2.24, 2.45) is 23.6 Å². The second kappa shape index (κ2) is 13.0. The highest BCUT2D eigenvalue weighted by Crippen LogP contribution is 2.45. The molecule has 2 aromatic rings. The van der Waals surface area contributed by atoms with E-state index in [-0.39, 0.29) is 17.3 Å². The maximum Gasteiger partial charge on any atom is 0.336 e. The first-order valence-electron chi connectivity index (χ1n) is 14.5. The fraction of sp³-hybridized carbons (Fsp3) is 0.545. The van der Waals surface area contributed by atoms with E-state index >= 15 is 0 Å². The molecule has 218 valence electrons. The van der Waals surface area contributed by atoms with Gasteiger partial charge in [0.2, 0.25) is 0 Å². The topological polar surface area (TPSA) is 98.9 Å². The van der Waals surface area contributed by atoms with E-state index < -0.39 is 35.4 Å². The van der Waals surface area contributed by atoms with Gasteiger partial charge in [0.1, 0.15) is 23.3 Å². The van der Waals surface area contributed by atoms with E-state index in [9.17, 15) is 14.4 Å². The summed E-state index contributed by atoms with van der Waals surface area (Å²) in [7, 11) is 0. The van der Waals surface area contributed by atoms with Crippen molar-refractivity contribution in [2.75, 3.05) is 0 Å². The summed E-state index contributed by atoms with van der Waals surface area (Å²) in [4.78, 5) is 39.6. The Morgan fingerprint density at radius 3 is 1.85 bits per heavy atom. The van der Waals surface area contributed by atoms with Gasteiger partial charge >= 0.3 is 11.9 Å². The number of hydrogen-bond acceptors (Lipinski definition) is 6. The monoisotopic (exact) mass is 550 g/mol. The standard InChI is InChI=1S/C33H46N2O5/c1-22(2)27(30(37)40-32(5,6)7)29(36)35(34)28(23(3)4)31(38)39-26-18-16-25(17-19-26)33(20-12-9-13-21-33)24-14-10-8-11-15-24/h8,10-11,14-19,22-23,27-28H,9,12-13,20-21,34H2,1-7H3. The lowest BCUT2D eigenvalue weighted by atomic mass is 9.65. The molecule has 7 nitrogen and oxygen atoms in total. The molecule has 2 aromatic carbocycles. The van der Waals surface area contributed by atoms with Crippen LogP contribution in [0.3, 0.4) is 0 Å². The van der Waals surface area contributed by atoms with Gasteiger partial charge in [-0.2, -0.15) is 0 Å². The second-order valence-corrected chi connectivity index (χ2v) is 12.6. The highest BCUT2D eigenvalue weighted by molar-refractivity contribution is 5.99. The van der Waals surface area contributed by atoms with Crippen LogP contribution in [0.25, 0.3) is 0 Å². The molecule has 1 aliphatic rings. The van der Waals surface area contributed by atoms with Crippen LogP contribution in [0.4, 0.5) is 0 Å². The first kappa shape index (κ1) is 31.3. The lowest BCUT2D eigenvalue weighted by molar-refractivity contribution is -0.170. The number of amides is 1. The Bertz CT molecular complexity index is 1150. The summed E-state index contributed by atoms with van der Waals surface area (Å²) in [5.74, 6) is 2.77. The molecule has 0 bridgehead atoms. The predicted octanol–water partition coefficient (Wildman–Crippen LogP) is 6.18. The Labute approximate surface area is 239 Å². The van der Waals surface area contributed by atoms with Gasteiger partial charge in [-0.05, 0) is 68.7 Å². The van der Waals surface area contributed by atoms with Gasteiger partial charge in [0, 0.05) is 5.41 Å². The molecule has 1 amide bonds. The van der Waals surface area contributed by atoms with Crippen molar-refractivity contribution < 1.29 is 23.9 Å². The van der Waals surface area contributed by atoms with Crippen molar-refractivity contribution in [1.82, 2.24) is 5.01 Å². The second-order valence-electron chi connectivity index (χ2n) is 12.6. The molecule has 0 spiro atoms. The number of carbonyl (C=O) groups excluding carboxylic acids is 3. The normalized spacial score (nSPS) is 16.8. The molecule has 1 saturated carbocycles. The van der Waals surface area contributed by atoms with Crippen LogP contribution in [0.5, 0.6) is 5.75 Å². The van der Waals surface area contributed by atoms with Gasteiger partial charge in [0.05, 0.1) is 0 Å². The van der Waals surface area contributed by atoms with Crippen LogP contribution in [0.1, 0.15) is 91.7 Å². The van der Waals surface area contributed by atoms with E-state index in [1.165, 1.54) is 30.4 Å². The first-order valence-corrected chi connectivity index (χ1v) is 14.5. The highest BCUT2D eigenvalue weighted by Gasteiger charge is 2.41. The van der Waals surface area contributed by atoms with Crippen molar-refractivity contribution in [3.8, 4) is 5.75 Å². The molecule has 0 aromatic heterocycles. The van der Waals surface area contributed by atoms with Crippen molar-refractivity contribution >= 4 is 17.8 Å². The summed E-state index contributed by atoms with van der Waals surface area (Å²) < 4.78 is 11.2. The maximum atomic E-state index is 13.4. The summed E-state index contributed by atoms with van der Waals surface area (Å²) in [5.41, 5.74) is 1.69. The van der Waals surface area contributed by atoms with Gasteiger partial charge in [0.25, 0.3) is 5.91 Å². The Kier molecular flexibility index (Phi) is 10.2. The summed E-state index contributed by atoms with van der Waals surface area (Å²) in [6, 6.07) is 17.2. The first-order chi connectivity index (χ1) is 18.8. The van der Waals surface area contributed by atoms with Crippen LogP contribution < -0.4 is 10.6 Å². The minimum absolute atomic E-state index is 0.0590. The van der Waals surface area contributed by atoms with E-state index in [1.807, 2.05) is 30.3 Å². The maximum absolute atomic E-state index is 13.4. The number of benzene rings is 2. The molecular formula is C33H46N2O5. The quantitative estimate of drug-likeness (QED) is 0.0999. The van der Waals surface area contributed by atoms with Gasteiger partial charge in [-0.3, -0.25) is 14.6 Å². The Balaban J connectivity index is 1.80. The van der Waals surface area contributed by atoms with Gasteiger partial charge in [-0.15, -0.1) is 0 Å². The van der Waals surface area contributed by atoms with E-state index in [4.69, 9.17) is 15.3 Å². The van der Waals surface area contributed by atoms with Gasteiger partial charge in [-0.1, -0.05) is 89.4 Å². The average Bonchev–Trinajstić information content (AvgIpc) is 2.88. The molecule has 40 heavy (non-hydrogen) atoms. The molecule has 0 aliphatic heterocycles. The SMILES string of the molecule is CC(C)C(C(=O)OC(C)(C)C)C(=O)N(N)C(C(=O)Oc1ccc(C2(c3ccccc3)CCCCC2)cc1)C(C)C. The third-order valence-electron chi connectivity index (χ3n) is 7.68. The lowest BCUT2D eigenvalue weighted by Crippen LogP contribution is -2.57. The van der Waals surface area contributed by atoms with Gasteiger partial charge < -0.3 is 9.47 Å². The minimum atomic E-state index is -1.14. The number of hydrogen-bond donors (Lipinski definition) is 1. The molecule has 1 aliphatic carbocycles. The fourth-order valence-electron chi connectivity index (χ4n) is 5.70. The van der Waals surface area contributed by atoms with Crippen LogP contribution in [0.2, 0.25) is 0 Å². The summed E-state index contributed by atoms with van der Waals surface area (Å²) in [6.45, 7) is 12.3. The lowest BCUT2D eigenvalue weighted by Gasteiger charge is -2.38. The minimum Gasteiger partial charge on any atom is -0.459 e. The van der Waals surface area contributed by atoms with Gasteiger partial charge in [0.15, 0.2) is 0 Å². The fourth-order valence-corrected chi connectivity index (χ4v) is 5.70. The van der Waals surface area contributed by atoms with Crippen molar-refractivity contribution in [1.29, 1.82) is 0 Å². The summed E-state index contributed by atoms with van der Waals surface area (Å²) >= 11 is 0. The number of hydrazine groups is 1. The zero-order valence-electron chi connectivity index (χ0n) is 25.1. The molecule has 0 heterocycles. The van der Waals surface area contributed by atoms with Crippen LogP contribution in [-0.4, -0.2) is 34.5 Å². The van der Waals surface area contributed by atoms with Crippen LogP contribution >= 0.6 is 0 Å². The zero-order valence-corrected chi connectivity index (χ0v) is 25.1. The molecule has 2 N–H and O–H groups in total. The molecule has 2 atom stereocenters. The number of nitrogens with zero attached hydrogens (tertiary/aromatic N) is 1. The van der Waals surface area contributed by atoms with E-state index in [0.29, 0.717) is 5.75 Å². The van der Waals surface area contributed by atoms with Crippen molar-refractivity contribution in [3.05, 3.63) is 65.7 Å². The van der Waals surface area contributed by atoms with Crippen LogP contribution in [0.15, 0.2) is 54.6 Å². The molecule has 3 rings (SSSR count). The number of rotatable bonds is 9. The van der Waals surface area contributed by atoms with E-state index in [1.54, 1.807) is 48.5 Å². The van der Waals surface area contributed by atoms with Crippen molar-refractivity contribution in [2.45, 2.75) is 97.6 Å². The Morgan fingerprint density at radius 2 is 1.35 bits per heavy atom.